The van der Waals surface area contributed by atoms with Crippen molar-refractivity contribution in [2.75, 3.05) is 13.6 Å². The zero-order valence-corrected chi connectivity index (χ0v) is 8.47. The van der Waals surface area contributed by atoms with Gasteiger partial charge in [0.1, 0.15) is 11.6 Å². The van der Waals surface area contributed by atoms with Crippen LogP contribution >= 0.6 is 0 Å². The average molecular weight is 225 g/mol. The van der Waals surface area contributed by atoms with E-state index in [4.69, 9.17) is 5.11 Å². The third-order valence-electron chi connectivity index (χ3n) is 1.78. The third-order valence-corrected chi connectivity index (χ3v) is 1.78. The fourth-order valence-electron chi connectivity index (χ4n) is 1.04. The van der Waals surface area contributed by atoms with E-state index in [0.717, 1.165) is 6.07 Å². The summed E-state index contributed by atoms with van der Waals surface area (Å²) in [5, 5.41) is 11.3. The van der Waals surface area contributed by atoms with Gasteiger partial charge in [-0.05, 0) is 13.1 Å². The molecule has 0 atom stereocenters. The van der Waals surface area contributed by atoms with Gasteiger partial charge in [0, 0.05) is 6.07 Å². The molecule has 0 aliphatic heterocycles. The predicted octanol–water partition coefficient (Wildman–Crippen LogP) is 1.23. The molecular formula is C11H9F2NO2. The Labute approximate surface area is 91.1 Å². The van der Waals surface area contributed by atoms with E-state index in [1.165, 1.54) is 0 Å². The van der Waals surface area contributed by atoms with Gasteiger partial charge < -0.3 is 10.4 Å². The van der Waals surface area contributed by atoms with E-state index in [1.807, 2.05) is 0 Å². The molecule has 0 heterocycles. The molecule has 0 saturated carbocycles. The summed E-state index contributed by atoms with van der Waals surface area (Å²) in [4.78, 5) is 10.6. The van der Waals surface area contributed by atoms with Gasteiger partial charge in [0.2, 0.25) is 0 Å². The first-order valence-electron chi connectivity index (χ1n) is 4.42. The van der Waals surface area contributed by atoms with Crippen LogP contribution in [-0.4, -0.2) is 24.7 Å². The number of nitrogens with one attached hydrogen (secondary N) is 1. The summed E-state index contributed by atoms with van der Waals surface area (Å²) in [5.74, 6) is 1.55. The molecule has 0 bridgehead atoms. The van der Waals surface area contributed by atoms with Crippen molar-refractivity contribution in [2.45, 2.75) is 0 Å². The molecule has 3 nitrogen and oxygen atoms in total. The zero-order chi connectivity index (χ0) is 12.1. The molecule has 0 fully saturated rings. The molecule has 0 unspecified atom stereocenters. The van der Waals surface area contributed by atoms with Crippen molar-refractivity contribution < 1.29 is 18.7 Å². The minimum atomic E-state index is -1.45. The molecule has 0 aliphatic carbocycles. The maximum atomic E-state index is 13.2. The fourth-order valence-corrected chi connectivity index (χ4v) is 1.04. The van der Waals surface area contributed by atoms with Crippen molar-refractivity contribution in [3.05, 3.63) is 34.9 Å². The second-order valence-electron chi connectivity index (χ2n) is 2.95. The van der Waals surface area contributed by atoms with Crippen LogP contribution in [0.25, 0.3) is 0 Å². The van der Waals surface area contributed by atoms with Crippen molar-refractivity contribution in [3.8, 4) is 11.8 Å². The van der Waals surface area contributed by atoms with Crippen LogP contribution < -0.4 is 5.32 Å². The number of carbonyl (C=O) groups is 1. The van der Waals surface area contributed by atoms with E-state index in [9.17, 15) is 13.6 Å². The van der Waals surface area contributed by atoms with Gasteiger partial charge in [0.15, 0.2) is 0 Å². The number of carboxylic acid groups (broad SMARTS) is 1. The average Bonchev–Trinajstić information content (AvgIpc) is 2.21. The Morgan fingerprint density at radius 3 is 2.69 bits per heavy atom. The lowest BCUT2D eigenvalue weighted by Crippen LogP contribution is -2.05. The highest BCUT2D eigenvalue weighted by Crippen LogP contribution is 2.14. The number of halogens is 2. The van der Waals surface area contributed by atoms with Crippen molar-refractivity contribution in [1.29, 1.82) is 0 Å². The van der Waals surface area contributed by atoms with Crippen LogP contribution in [0.15, 0.2) is 12.1 Å². The highest BCUT2D eigenvalue weighted by atomic mass is 19.1. The maximum Gasteiger partial charge on any atom is 0.338 e. The van der Waals surface area contributed by atoms with Crippen molar-refractivity contribution in [1.82, 2.24) is 5.32 Å². The number of rotatable bonds is 2. The van der Waals surface area contributed by atoms with Gasteiger partial charge in [-0.2, -0.15) is 0 Å². The Balaban J connectivity index is 3.16. The molecule has 1 aromatic carbocycles. The molecule has 16 heavy (non-hydrogen) atoms. The Bertz CT molecular complexity index is 475. The molecule has 0 amide bonds. The van der Waals surface area contributed by atoms with Crippen molar-refractivity contribution in [3.63, 3.8) is 0 Å². The Hall–Kier alpha value is -1.93. The standard InChI is InChI=1S/C11H9F2NO2/c1-14-4-2-3-7-5-8(11(15)16)10(13)6-9(7)12/h5-6,14H,4H2,1H3,(H,15,16). The molecule has 0 aliphatic rings. The van der Waals surface area contributed by atoms with E-state index in [1.54, 1.807) is 7.05 Å². The van der Waals surface area contributed by atoms with Gasteiger partial charge in [-0.1, -0.05) is 11.8 Å². The summed E-state index contributed by atoms with van der Waals surface area (Å²) < 4.78 is 26.2. The third kappa shape index (κ3) is 2.78. The van der Waals surface area contributed by atoms with Gasteiger partial charge in [-0.25, -0.2) is 13.6 Å². The Morgan fingerprint density at radius 1 is 1.44 bits per heavy atom. The van der Waals surface area contributed by atoms with E-state index in [-0.39, 0.29) is 5.56 Å². The van der Waals surface area contributed by atoms with Crippen LogP contribution in [0, 0.1) is 23.5 Å². The first-order valence-corrected chi connectivity index (χ1v) is 4.42. The van der Waals surface area contributed by atoms with Crippen LogP contribution in [0.1, 0.15) is 15.9 Å². The lowest BCUT2D eigenvalue weighted by atomic mass is 10.1. The molecule has 1 rings (SSSR count). The van der Waals surface area contributed by atoms with Gasteiger partial charge >= 0.3 is 5.97 Å². The van der Waals surface area contributed by atoms with Gasteiger partial charge in [0.05, 0.1) is 17.7 Å². The first kappa shape index (κ1) is 12.1. The lowest BCUT2D eigenvalue weighted by Gasteiger charge is -1.99. The molecule has 2 N–H and O–H groups in total. The highest BCUT2D eigenvalue weighted by Gasteiger charge is 2.13. The number of hydrogen-bond donors (Lipinski definition) is 2. The largest absolute Gasteiger partial charge is 0.478 e. The molecular weight excluding hydrogens is 216 g/mol. The molecule has 0 saturated heterocycles. The summed E-state index contributed by atoms with van der Waals surface area (Å²) in [5.41, 5.74) is -0.718. The fraction of sp³-hybridized carbons (Fsp3) is 0.182. The molecule has 0 radical (unpaired) electrons. The van der Waals surface area contributed by atoms with E-state index in [2.05, 4.69) is 17.2 Å². The summed E-state index contributed by atoms with van der Waals surface area (Å²) >= 11 is 0. The number of hydrogen-bond acceptors (Lipinski definition) is 2. The van der Waals surface area contributed by atoms with Crippen LogP contribution in [0.4, 0.5) is 8.78 Å². The Morgan fingerprint density at radius 2 is 2.12 bits per heavy atom. The van der Waals surface area contributed by atoms with Crippen molar-refractivity contribution >= 4 is 5.97 Å². The second kappa shape index (κ2) is 5.24. The minimum absolute atomic E-state index is 0.131. The number of carboxylic acids is 1. The normalized spacial score (nSPS) is 9.44. The summed E-state index contributed by atoms with van der Waals surface area (Å²) in [6.45, 7) is 0.333. The summed E-state index contributed by atoms with van der Waals surface area (Å²) in [6, 6.07) is 1.41. The zero-order valence-electron chi connectivity index (χ0n) is 8.47. The molecule has 1 aromatic rings. The topological polar surface area (TPSA) is 49.3 Å². The monoisotopic (exact) mass is 225 g/mol. The van der Waals surface area contributed by atoms with Gasteiger partial charge in [-0.15, -0.1) is 0 Å². The quantitative estimate of drug-likeness (QED) is 0.744. The first-order chi connectivity index (χ1) is 7.56. The second-order valence-corrected chi connectivity index (χ2v) is 2.95. The van der Waals surface area contributed by atoms with Crippen LogP contribution in [0.3, 0.4) is 0 Å². The molecule has 0 aromatic heterocycles. The lowest BCUT2D eigenvalue weighted by molar-refractivity contribution is 0.0691. The highest BCUT2D eigenvalue weighted by molar-refractivity contribution is 5.88. The SMILES string of the molecule is CNCC#Cc1cc(C(=O)O)c(F)cc1F. The van der Waals surface area contributed by atoms with E-state index >= 15 is 0 Å². The number of benzene rings is 1. The predicted molar refractivity (Wildman–Crippen MR) is 54.1 cm³/mol. The smallest absolute Gasteiger partial charge is 0.338 e. The number of aromatic carboxylic acids is 1. The van der Waals surface area contributed by atoms with Crippen molar-refractivity contribution in [2.24, 2.45) is 0 Å². The minimum Gasteiger partial charge on any atom is -0.478 e. The molecule has 84 valence electrons. The van der Waals surface area contributed by atoms with Gasteiger partial charge in [0.25, 0.3) is 0 Å². The van der Waals surface area contributed by atoms with Crippen LogP contribution in [0.5, 0.6) is 0 Å². The molecule has 0 spiro atoms. The van der Waals surface area contributed by atoms with Crippen LogP contribution in [-0.2, 0) is 0 Å². The Kier molecular flexibility index (Phi) is 3.97. The maximum absolute atomic E-state index is 13.2. The summed E-state index contributed by atoms with van der Waals surface area (Å²) in [6.07, 6.45) is 0. The van der Waals surface area contributed by atoms with E-state index in [0.29, 0.717) is 12.6 Å². The summed E-state index contributed by atoms with van der Waals surface area (Å²) in [7, 11) is 1.67. The van der Waals surface area contributed by atoms with E-state index < -0.39 is 23.2 Å². The van der Waals surface area contributed by atoms with Crippen LogP contribution in [0.2, 0.25) is 0 Å². The van der Waals surface area contributed by atoms with Gasteiger partial charge in [-0.3, -0.25) is 0 Å². The molecule has 5 heteroatoms.